The maximum Gasteiger partial charge on any atom is 0.0834 e. The number of aryl methyl sites for hydroxylation is 1. The normalized spacial score (nSPS) is 25.0. The molecule has 0 radical (unpaired) electrons. The molecule has 2 N–H and O–H groups in total. The van der Waals surface area contributed by atoms with Crippen LogP contribution in [0.3, 0.4) is 0 Å². The van der Waals surface area contributed by atoms with E-state index in [0.29, 0.717) is 5.02 Å². The van der Waals surface area contributed by atoms with E-state index in [2.05, 4.69) is 10.00 Å². The van der Waals surface area contributed by atoms with E-state index in [1.165, 1.54) is 51.6 Å². The third-order valence-electron chi connectivity index (χ3n) is 5.02. The summed E-state index contributed by atoms with van der Waals surface area (Å²) in [6.07, 6.45) is 9.25. The molecule has 2 heterocycles. The van der Waals surface area contributed by atoms with Crippen molar-refractivity contribution in [3.8, 4) is 0 Å². The Morgan fingerprint density at radius 1 is 1.26 bits per heavy atom. The maximum atomic E-state index is 6.67. The van der Waals surface area contributed by atoms with Crippen LogP contribution in [0, 0.1) is 0 Å². The van der Waals surface area contributed by atoms with E-state index in [-0.39, 0.29) is 11.6 Å². The first-order valence-electron chi connectivity index (χ1n) is 7.33. The van der Waals surface area contributed by atoms with Gasteiger partial charge in [0.25, 0.3) is 0 Å². The average molecular weight is 283 g/mol. The van der Waals surface area contributed by atoms with Crippen molar-refractivity contribution >= 4 is 11.6 Å². The fourth-order valence-corrected chi connectivity index (χ4v) is 4.28. The molecule has 1 aromatic rings. The number of aromatic nitrogens is 2. The van der Waals surface area contributed by atoms with Crippen LogP contribution in [-0.4, -0.2) is 33.3 Å². The van der Waals surface area contributed by atoms with Gasteiger partial charge in [0.15, 0.2) is 0 Å². The molecule has 1 atom stereocenters. The van der Waals surface area contributed by atoms with Crippen molar-refractivity contribution in [2.45, 2.75) is 50.1 Å². The zero-order valence-electron chi connectivity index (χ0n) is 11.6. The highest BCUT2D eigenvalue weighted by molar-refractivity contribution is 6.31. The highest BCUT2D eigenvalue weighted by Crippen LogP contribution is 2.45. The highest BCUT2D eigenvalue weighted by atomic mass is 35.5. The first-order valence-corrected chi connectivity index (χ1v) is 7.71. The van der Waals surface area contributed by atoms with Gasteiger partial charge in [-0.1, -0.05) is 24.4 Å². The monoisotopic (exact) mass is 282 g/mol. The Morgan fingerprint density at radius 3 is 2.42 bits per heavy atom. The summed E-state index contributed by atoms with van der Waals surface area (Å²) in [4.78, 5) is 2.62. The van der Waals surface area contributed by atoms with E-state index in [9.17, 15) is 0 Å². The molecule has 1 aliphatic carbocycles. The fourth-order valence-electron chi connectivity index (χ4n) is 4.00. The lowest BCUT2D eigenvalue weighted by Gasteiger charge is -2.43. The smallest absolute Gasteiger partial charge is 0.0834 e. The Kier molecular flexibility index (Phi) is 3.58. The van der Waals surface area contributed by atoms with Crippen molar-refractivity contribution < 1.29 is 0 Å². The number of hydrogen-bond donors (Lipinski definition) is 1. The molecule has 0 aromatic carbocycles. The molecule has 1 saturated heterocycles. The lowest BCUT2D eigenvalue weighted by Crippen LogP contribution is -2.53. The van der Waals surface area contributed by atoms with Gasteiger partial charge in [0.1, 0.15) is 0 Å². The Balaban J connectivity index is 1.96. The topological polar surface area (TPSA) is 47.1 Å². The van der Waals surface area contributed by atoms with Crippen LogP contribution in [0.25, 0.3) is 0 Å². The van der Waals surface area contributed by atoms with Gasteiger partial charge in [0.05, 0.1) is 23.0 Å². The first-order chi connectivity index (χ1) is 9.15. The Labute approximate surface area is 119 Å². The van der Waals surface area contributed by atoms with Crippen LogP contribution >= 0.6 is 11.6 Å². The van der Waals surface area contributed by atoms with Gasteiger partial charge >= 0.3 is 0 Å². The number of nitrogens with two attached hydrogens (primary N) is 1. The van der Waals surface area contributed by atoms with E-state index in [1.807, 2.05) is 11.7 Å². The molecule has 0 bridgehead atoms. The minimum Gasteiger partial charge on any atom is -0.321 e. The van der Waals surface area contributed by atoms with Gasteiger partial charge < -0.3 is 5.73 Å². The van der Waals surface area contributed by atoms with Crippen molar-refractivity contribution in [1.82, 2.24) is 14.7 Å². The van der Waals surface area contributed by atoms with Crippen LogP contribution in [0.5, 0.6) is 0 Å². The van der Waals surface area contributed by atoms with Gasteiger partial charge in [-0.05, 0) is 38.8 Å². The Hall–Kier alpha value is -0.580. The second-order valence-electron chi connectivity index (χ2n) is 5.98. The van der Waals surface area contributed by atoms with Crippen molar-refractivity contribution in [1.29, 1.82) is 0 Å². The van der Waals surface area contributed by atoms with Gasteiger partial charge in [0, 0.05) is 12.6 Å². The minimum absolute atomic E-state index is 0.0342. The third-order valence-corrected chi connectivity index (χ3v) is 5.31. The minimum atomic E-state index is -0.0342. The van der Waals surface area contributed by atoms with Gasteiger partial charge in [-0.2, -0.15) is 5.10 Å². The van der Waals surface area contributed by atoms with E-state index in [0.717, 1.165) is 5.69 Å². The maximum absolute atomic E-state index is 6.67. The molecule has 0 amide bonds. The summed E-state index contributed by atoms with van der Waals surface area (Å²) in [5.74, 6) is 0. The average Bonchev–Trinajstić information content (AvgIpc) is 3.09. The largest absolute Gasteiger partial charge is 0.321 e. The van der Waals surface area contributed by atoms with Crippen molar-refractivity contribution in [2.24, 2.45) is 12.8 Å². The molecule has 0 spiro atoms. The predicted octanol–water partition coefficient (Wildman–Crippen LogP) is 2.48. The number of likely N-dealkylation sites (tertiary alicyclic amines) is 1. The molecule has 1 saturated carbocycles. The molecule has 1 unspecified atom stereocenters. The van der Waals surface area contributed by atoms with Gasteiger partial charge in [-0.25, -0.2) is 0 Å². The number of rotatable bonds is 3. The van der Waals surface area contributed by atoms with Crippen LogP contribution in [-0.2, 0) is 7.05 Å². The predicted molar refractivity (Wildman–Crippen MR) is 77.2 cm³/mol. The second kappa shape index (κ2) is 5.08. The Morgan fingerprint density at radius 2 is 1.89 bits per heavy atom. The SMILES string of the molecule is Cn1ncc(Cl)c1C(N)C1(N2CCCC2)CCCC1. The standard InChI is InChI=1S/C14H23ClN4/c1-18-12(11(15)10-17-18)13(16)14(6-2-3-7-14)19-8-4-5-9-19/h10,13H,2-9,16H2,1H3. The van der Waals surface area contributed by atoms with E-state index < -0.39 is 0 Å². The van der Waals surface area contributed by atoms with E-state index >= 15 is 0 Å². The summed E-state index contributed by atoms with van der Waals surface area (Å²) >= 11 is 6.31. The van der Waals surface area contributed by atoms with Gasteiger partial charge in [0.2, 0.25) is 0 Å². The molecule has 2 fully saturated rings. The molecular weight excluding hydrogens is 260 g/mol. The molecule has 106 valence electrons. The number of halogens is 1. The zero-order chi connectivity index (χ0) is 13.5. The molecule has 2 aliphatic rings. The number of nitrogens with zero attached hydrogens (tertiary/aromatic N) is 3. The summed E-state index contributed by atoms with van der Waals surface area (Å²) in [7, 11) is 1.94. The molecule has 4 nitrogen and oxygen atoms in total. The first kappa shape index (κ1) is 13.4. The van der Waals surface area contributed by atoms with Crippen LogP contribution < -0.4 is 5.73 Å². The molecule has 1 aromatic heterocycles. The van der Waals surface area contributed by atoms with Crippen LogP contribution in [0.4, 0.5) is 0 Å². The molecule has 1 aliphatic heterocycles. The van der Waals surface area contributed by atoms with Crippen molar-refractivity contribution in [3.63, 3.8) is 0 Å². The Bertz CT molecular complexity index is 425. The molecule has 5 heteroatoms. The van der Waals surface area contributed by atoms with Gasteiger partial charge in [-0.3, -0.25) is 9.58 Å². The quantitative estimate of drug-likeness (QED) is 0.926. The van der Waals surface area contributed by atoms with Crippen molar-refractivity contribution in [3.05, 3.63) is 16.9 Å². The van der Waals surface area contributed by atoms with E-state index in [4.69, 9.17) is 17.3 Å². The number of hydrogen-bond acceptors (Lipinski definition) is 3. The summed E-state index contributed by atoms with van der Waals surface area (Å²) in [6, 6.07) is -0.0342. The summed E-state index contributed by atoms with van der Waals surface area (Å²) in [5.41, 5.74) is 7.78. The molecule has 19 heavy (non-hydrogen) atoms. The highest BCUT2D eigenvalue weighted by Gasteiger charge is 2.47. The second-order valence-corrected chi connectivity index (χ2v) is 6.39. The lowest BCUT2D eigenvalue weighted by atomic mass is 9.84. The van der Waals surface area contributed by atoms with Crippen LogP contribution in [0.15, 0.2) is 6.20 Å². The van der Waals surface area contributed by atoms with Crippen LogP contribution in [0.1, 0.15) is 50.3 Å². The molecule has 3 rings (SSSR count). The van der Waals surface area contributed by atoms with E-state index in [1.54, 1.807) is 6.20 Å². The molecular formula is C14H23ClN4. The summed E-state index contributed by atoms with van der Waals surface area (Å²) in [6.45, 7) is 2.37. The zero-order valence-corrected chi connectivity index (χ0v) is 12.4. The fraction of sp³-hybridized carbons (Fsp3) is 0.786. The van der Waals surface area contributed by atoms with Crippen molar-refractivity contribution in [2.75, 3.05) is 13.1 Å². The summed E-state index contributed by atoms with van der Waals surface area (Å²) in [5, 5.41) is 4.96. The lowest BCUT2D eigenvalue weighted by molar-refractivity contribution is 0.0892. The summed E-state index contributed by atoms with van der Waals surface area (Å²) < 4.78 is 1.85. The van der Waals surface area contributed by atoms with Gasteiger partial charge in [-0.15, -0.1) is 0 Å². The third kappa shape index (κ3) is 2.10. The van der Waals surface area contributed by atoms with Crippen LogP contribution in [0.2, 0.25) is 5.02 Å².